The van der Waals surface area contributed by atoms with Crippen LogP contribution in [0.5, 0.6) is 0 Å². The number of hydrogen-bond acceptors (Lipinski definition) is 5. The zero-order valence-electron chi connectivity index (χ0n) is 17.1. The Bertz CT molecular complexity index is 907. The third-order valence-corrected chi connectivity index (χ3v) is 4.89. The topological polar surface area (TPSA) is 125 Å². The average Bonchev–Trinajstić information content (AvgIpc) is 2.71. The van der Waals surface area contributed by atoms with Gasteiger partial charge in [-0.1, -0.05) is 32.0 Å². The molecular formula is C22H27N3O5. The summed E-state index contributed by atoms with van der Waals surface area (Å²) in [5.74, 6) is -2.78. The number of carbonyl (C=O) groups is 4. The van der Waals surface area contributed by atoms with Crippen molar-refractivity contribution in [2.45, 2.75) is 39.2 Å². The van der Waals surface area contributed by atoms with Crippen LogP contribution in [-0.4, -0.2) is 46.7 Å². The van der Waals surface area contributed by atoms with Gasteiger partial charge in [-0.05, 0) is 30.0 Å². The molecule has 0 aliphatic heterocycles. The van der Waals surface area contributed by atoms with E-state index in [1.54, 1.807) is 20.0 Å². The van der Waals surface area contributed by atoms with Gasteiger partial charge in [-0.25, -0.2) is 0 Å². The first-order chi connectivity index (χ1) is 14.3. The van der Waals surface area contributed by atoms with Crippen molar-refractivity contribution in [3.05, 3.63) is 42.1 Å². The van der Waals surface area contributed by atoms with E-state index in [-0.39, 0.29) is 18.2 Å². The average molecular weight is 413 g/mol. The lowest BCUT2D eigenvalue weighted by Crippen LogP contribution is -2.44. The van der Waals surface area contributed by atoms with Gasteiger partial charge in [0.05, 0.1) is 18.0 Å². The Morgan fingerprint density at radius 3 is 2.53 bits per heavy atom. The Labute approximate surface area is 175 Å². The van der Waals surface area contributed by atoms with Gasteiger partial charge in [0.2, 0.25) is 11.8 Å². The minimum Gasteiger partial charge on any atom is -0.481 e. The summed E-state index contributed by atoms with van der Waals surface area (Å²) in [6, 6.07) is 8.58. The number of hydrogen-bond donors (Lipinski definition) is 3. The molecule has 2 rings (SSSR count). The number of amides is 2. The van der Waals surface area contributed by atoms with E-state index in [0.717, 1.165) is 16.5 Å². The molecule has 30 heavy (non-hydrogen) atoms. The molecule has 2 amide bonds. The van der Waals surface area contributed by atoms with Crippen molar-refractivity contribution >= 4 is 35.0 Å². The quantitative estimate of drug-likeness (QED) is 0.482. The van der Waals surface area contributed by atoms with Gasteiger partial charge in [-0.3, -0.25) is 19.4 Å². The largest absolute Gasteiger partial charge is 0.481 e. The summed E-state index contributed by atoms with van der Waals surface area (Å²) >= 11 is 0. The van der Waals surface area contributed by atoms with Crippen LogP contribution in [0.1, 0.15) is 32.3 Å². The summed E-state index contributed by atoms with van der Waals surface area (Å²) in [4.78, 5) is 50.9. The number of pyridine rings is 1. The number of aromatic nitrogens is 1. The zero-order valence-corrected chi connectivity index (χ0v) is 17.1. The first-order valence-electron chi connectivity index (χ1n) is 9.88. The SMILES string of the molecule is CC(C)[C@H](CC(=O)NCCc1ccnc2ccccc12)C(=O)N[C@H](C=O)CC(=O)O. The molecule has 0 saturated carbocycles. The predicted molar refractivity (Wildman–Crippen MR) is 112 cm³/mol. The van der Waals surface area contributed by atoms with Gasteiger partial charge in [0, 0.05) is 30.5 Å². The molecule has 160 valence electrons. The van der Waals surface area contributed by atoms with E-state index in [1.165, 1.54) is 0 Å². The number of aldehydes is 1. The molecule has 0 radical (unpaired) electrons. The van der Waals surface area contributed by atoms with E-state index in [1.807, 2.05) is 30.3 Å². The fraction of sp³-hybridized carbons (Fsp3) is 0.409. The number of carboxylic acids is 1. The second kappa shape index (κ2) is 11.0. The Hall–Kier alpha value is -3.29. The highest BCUT2D eigenvalue weighted by atomic mass is 16.4. The summed E-state index contributed by atoms with van der Waals surface area (Å²) < 4.78 is 0. The lowest BCUT2D eigenvalue weighted by Gasteiger charge is -2.21. The lowest BCUT2D eigenvalue weighted by molar-refractivity contribution is -0.139. The first-order valence-corrected chi connectivity index (χ1v) is 9.88. The van der Waals surface area contributed by atoms with E-state index < -0.39 is 30.3 Å². The van der Waals surface area contributed by atoms with E-state index >= 15 is 0 Å². The maximum absolute atomic E-state index is 12.5. The third kappa shape index (κ3) is 6.65. The minimum absolute atomic E-state index is 0.0424. The number of fused-ring (bicyclic) bond motifs is 1. The molecule has 2 atom stereocenters. The second-order valence-electron chi connectivity index (χ2n) is 7.49. The summed E-state index contributed by atoms with van der Waals surface area (Å²) in [6.07, 6.45) is 2.21. The monoisotopic (exact) mass is 413 g/mol. The molecule has 0 saturated heterocycles. The van der Waals surface area contributed by atoms with Gasteiger partial charge in [-0.15, -0.1) is 0 Å². The molecule has 1 heterocycles. The standard InChI is InChI=1S/C22H27N3O5/c1-14(2)18(22(30)25-16(13-26)11-21(28)29)12-20(27)24-10-8-15-7-9-23-19-6-4-3-5-17(15)19/h3-7,9,13-14,16,18H,8,10-12H2,1-2H3,(H,24,27)(H,25,30)(H,28,29)/t16-,18-/m0/s1. The van der Waals surface area contributed by atoms with Crippen LogP contribution >= 0.6 is 0 Å². The van der Waals surface area contributed by atoms with Crippen LogP contribution in [0.4, 0.5) is 0 Å². The lowest BCUT2D eigenvalue weighted by atomic mass is 9.91. The molecule has 0 fully saturated rings. The molecule has 0 aliphatic rings. The number of nitrogens with one attached hydrogen (secondary N) is 2. The number of nitrogens with zero attached hydrogens (tertiary/aromatic N) is 1. The molecule has 0 unspecified atom stereocenters. The fourth-order valence-electron chi connectivity index (χ4n) is 3.22. The molecule has 8 heteroatoms. The Morgan fingerprint density at radius 2 is 1.87 bits per heavy atom. The maximum Gasteiger partial charge on any atom is 0.305 e. The second-order valence-corrected chi connectivity index (χ2v) is 7.49. The van der Waals surface area contributed by atoms with E-state index in [4.69, 9.17) is 5.11 Å². The van der Waals surface area contributed by atoms with Crippen molar-refractivity contribution < 1.29 is 24.3 Å². The summed E-state index contributed by atoms with van der Waals surface area (Å²) in [5, 5.41) is 15.1. The van der Waals surface area contributed by atoms with Gasteiger partial charge in [0.25, 0.3) is 0 Å². The molecular weight excluding hydrogens is 386 g/mol. The van der Waals surface area contributed by atoms with Crippen LogP contribution in [0.3, 0.4) is 0 Å². The van der Waals surface area contributed by atoms with Gasteiger partial charge in [0.15, 0.2) is 0 Å². The Morgan fingerprint density at radius 1 is 1.13 bits per heavy atom. The molecule has 1 aromatic carbocycles. The first kappa shape index (κ1) is 23.0. The van der Waals surface area contributed by atoms with Crippen molar-refractivity contribution in [1.82, 2.24) is 15.6 Å². The number of rotatable bonds is 11. The maximum atomic E-state index is 12.5. The van der Waals surface area contributed by atoms with E-state index in [2.05, 4.69) is 15.6 Å². The molecule has 0 bridgehead atoms. The minimum atomic E-state index is -1.19. The van der Waals surface area contributed by atoms with Gasteiger partial charge in [0.1, 0.15) is 6.29 Å². The molecule has 1 aromatic heterocycles. The normalized spacial score (nSPS) is 12.9. The van der Waals surface area contributed by atoms with Gasteiger partial charge in [-0.2, -0.15) is 0 Å². The molecule has 2 aromatic rings. The summed E-state index contributed by atoms with van der Waals surface area (Å²) in [7, 11) is 0. The highest BCUT2D eigenvalue weighted by molar-refractivity contribution is 5.88. The fourth-order valence-corrected chi connectivity index (χ4v) is 3.22. The van der Waals surface area contributed by atoms with Crippen LogP contribution in [0.15, 0.2) is 36.5 Å². The number of aliphatic carboxylic acids is 1. The predicted octanol–water partition coefficient (Wildman–Crippen LogP) is 1.71. The van der Waals surface area contributed by atoms with Gasteiger partial charge >= 0.3 is 5.97 Å². The Kier molecular flexibility index (Phi) is 8.46. The van der Waals surface area contributed by atoms with E-state index in [0.29, 0.717) is 19.3 Å². The van der Waals surface area contributed by atoms with Crippen LogP contribution < -0.4 is 10.6 Å². The van der Waals surface area contributed by atoms with Crippen LogP contribution in [0.2, 0.25) is 0 Å². The summed E-state index contributed by atoms with van der Waals surface area (Å²) in [6.45, 7) is 4.01. The third-order valence-electron chi connectivity index (χ3n) is 4.89. The van der Waals surface area contributed by atoms with Crippen LogP contribution in [0, 0.1) is 11.8 Å². The van der Waals surface area contributed by atoms with Crippen LogP contribution in [-0.2, 0) is 25.6 Å². The van der Waals surface area contributed by atoms with Crippen molar-refractivity contribution in [1.29, 1.82) is 0 Å². The number of carbonyl (C=O) groups excluding carboxylic acids is 3. The summed E-state index contributed by atoms with van der Waals surface area (Å²) in [5.41, 5.74) is 1.96. The highest BCUT2D eigenvalue weighted by Crippen LogP contribution is 2.17. The highest BCUT2D eigenvalue weighted by Gasteiger charge is 2.27. The van der Waals surface area contributed by atoms with Crippen LogP contribution in [0.25, 0.3) is 10.9 Å². The number of carboxylic acid groups (broad SMARTS) is 1. The van der Waals surface area contributed by atoms with Crippen molar-refractivity contribution in [3.63, 3.8) is 0 Å². The molecule has 0 aliphatic carbocycles. The number of benzene rings is 1. The number of para-hydroxylation sites is 1. The smallest absolute Gasteiger partial charge is 0.305 e. The Balaban J connectivity index is 1.91. The molecule has 8 nitrogen and oxygen atoms in total. The van der Waals surface area contributed by atoms with E-state index in [9.17, 15) is 19.2 Å². The molecule has 3 N–H and O–H groups in total. The zero-order chi connectivity index (χ0) is 22.1. The van der Waals surface area contributed by atoms with Crippen molar-refractivity contribution in [2.24, 2.45) is 11.8 Å². The van der Waals surface area contributed by atoms with Gasteiger partial charge < -0.3 is 20.5 Å². The van der Waals surface area contributed by atoms with Crippen molar-refractivity contribution in [3.8, 4) is 0 Å². The van der Waals surface area contributed by atoms with Crippen molar-refractivity contribution in [2.75, 3.05) is 6.54 Å². The molecule has 0 spiro atoms.